The van der Waals surface area contributed by atoms with E-state index in [2.05, 4.69) is 5.32 Å². The van der Waals surface area contributed by atoms with E-state index < -0.39 is 28.6 Å². The maximum absolute atomic E-state index is 12.5. The highest BCUT2D eigenvalue weighted by Gasteiger charge is 2.47. The first kappa shape index (κ1) is 15.8. The van der Waals surface area contributed by atoms with E-state index in [1.54, 1.807) is 25.1 Å². The molecule has 0 aliphatic carbocycles. The van der Waals surface area contributed by atoms with E-state index in [4.69, 9.17) is 0 Å². The van der Waals surface area contributed by atoms with E-state index >= 15 is 0 Å². The lowest BCUT2D eigenvalue weighted by Gasteiger charge is -2.20. The number of carbonyl (C=O) groups is 2. The zero-order chi connectivity index (χ0) is 17.5. The van der Waals surface area contributed by atoms with Crippen LogP contribution in [0.5, 0.6) is 0 Å². The average Bonchev–Trinajstić information content (AvgIpc) is 2.80. The van der Waals surface area contributed by atoms with Crippen LogP contribution in [0.15, 0.2) is 42.5 Å². The topological polar surface area (TPSA) is 110 Å². The fourth-order valence-corrected chi connectivity index (χ4v) is 2.82. The summed E-state index contributed by atoms with van der Waals surface area (Å²) in [6, 6.07) is 10.3. The first-order valence-corrected chi connectivity index (χ1v) is 7.24. The second-order valence-corrected chi connectivity index (χ2v) is 5.72. The maximum Gasteiger partial charge on any atom is 0.270 e. The number of hydrogen-bond donors (Lipinski definition) is 2. The van der Waals surface area contributed by atoms with Gasteiger partial charge in [-0.2, -0.15) is 0 Å². The molecule has 0 saturated heterocycles. The van der Waals surface area contributed by atoms with Crippen molar-refractivity contribution in [1.82, 2.24) is 0 Å². The van der Waals surface area contributed by atoms with E-state index in [1.807, 2.05) is 0 Å². The van der Waals surface area contributed by atoms with Gasteiger partial charge >= 0.3 is 0 Å². The monoisotopic (exact) mass is 326 g/mol. The lowest BCUT2D eigenvalue weighted by molar-refractivity contribution is -0.384. The van der Waals surface area contributed by atoms with Crippen molar-refractivity contribution in [1.29, 1.82) is 0 Å². The number of anilines is 1. The Balaban J connectivity index is 1.95. The van der Waals surface area contributed by atoms with Crippen molar-refractivity contribution in [2.24, 2.45) is 0 Å². The number of rotatable bonds is 4. The molecule has 0 spiro atoms. The molecule has 1 aliphatic rings. The number of aliphatic hydroxyl groups is 1. The lowest BCUT2D eigenvalue weighted by Crippen LogP contribution is -2.36. The van der Waals surface area contributed by atoms with Gasteiger partial charge in [-0.1, -0.05) is 30.3 Å². The number of amides is 1. The second-order valence-electron chi connectivity index (χ2n) is 5.72. The fourth-order valence-electron chi connectivity index (χ4n) is 2.82. The minimum Gasteiger partial charge on any atom is -0.375 e. The predicted molar refractivity (Wildman–Crippen MR) is 85.7 cm³/mol. The van der Waals surface area contributed by atoms with Crippen molar-refractivity contribution >= 4 is 23.1 Å². The number of Topliss-reactive ketones (excluding diaryl/α,β-unsaturated/α-hetero) is 1. The molecule has 2 aromatic rings. The number of non-ortho nitro benzene ring substituents is 1. The molecule has 1 amide bonds. The molecule has 122 valence electrons. The Kier molecular flexibility index (Phi) is 3.65. The molecule has 0 fully saturated rings. The molecule has 0 bridgehead atoms. The lowest BCUT2D eigenvalue weighted by atomic mass is 9.87. The van der Waals surface area contributed by atoms with E-state index in [9.17, 15) is 24.8 Å². The SMILES string of the molecule is Cc1cccc2c1NC(=O)[C@]2(O)CC(=O)c1cccc([N+](=O)[O-])c1. The summed E-state index contributed by atoms with van der Waals surface area (Å²) in [7, 11) is 0. The summed E-state index contributed by atoms with van der Waals surface area (Å²) in [6.07, 6.45) is -0.490. The standard InChI is InChI=1S/C17H14N2O5/c1-10-4-2-7-13-15(10)18-16(21)17(13,22)9-14(20)11-5-3-6-12(8-11)19(23)24/h2-8,22H,9H2,1H3,(H,18,21)/t17-/m0/s1. The zero-order valence-corrected chi connectivity index (χ0v) is 12.8. The molecular weight excluding hydrogens is 312 g/mol. The molecule has 0 aromatic heterocycles. The molecule has 0 radical (unpaired) electrons. The number of nitro groups is 1. The molecule has 7 heteroatoms. The normalized spacial score (nSPS) is 18.8. The molecule has 1 heterocycles. The number of carbonyl (C=O) groups excluding carboxylic acids is 2. The van der Waals surface area contributed by atoms with Gasteiger partial charge in [-0.25, -0.2) is 0 Å². The van der Waals surface area contributed by atoms with Gasteiger partial charge in [0.1, 0.15) is 0 Å². The summed E-state index contributed by atoms with van der Waals surface area (Å²) in [6.45, 7) is 1.78. The Labute approximate surface area is 137 Å². The Hall–Kier alpha value is -3.06. The largest absolute Gasteiger partial charge is 0.375 e. The van der Waals surface area contributed by atoms with Crippen molar-refractivity contribution in [3.63, 3.8) is 0 Å². The number of para-hydroxylation sites is 1. The van der Waals surface area contributed by atoms with Crippen molar-refractivity contribution in [2.75, 3.05) is 5.32 Å². The third-order valence-electron chi connectivity index (χ3n) is 4.13. The Bertz CT molecular complexity index is 877. The smallest absolute Gasteiger partial charge is 0.270 e. The van der Waals surface area contributed by atoms with E-state index in [1.165, 1.54) is 18.2 Å². The minimum absolute atomic E-state index is 0.0755. The molecule has 1 atom stereocenters. The first-order chi connectivity index (χ1) is 11.3. The quantitative estimate of drug-likeness (QED) is 0.509. The molecule has 1 aliphatic heterocycles. The summed E-state index contributed by atoms with van der Waals surface area (Å²) in [4.78, 5) is 34.9. The number of nitrogens with zero attached hydrogens (tertiary/aromatic N) is 1. The van der Waals surface area contributed by atoms with E-state index in [0.29, 0.717) is 11.3 Å². The fraction of sp³-hybridized carbons (Fsp3) is 0.176. The summed E-state index contributed by atoms with van der Waals surface area (Å²) < 4.78 is 0. The maximum atomic E-state index is 12.5. The highest BCUT2D eigenvalue weighted by atomic mass is 16.6. The van der Waals surface area contributed by atoms with Gasteiger partial charge < -0.3 is 10.4 Å². The van der Waals surface area contributed by atoms with Crippen LogP contribution in [-0.2, 0) is 10.4 Å². The number of aryl methyl sites for hydroxylation is 1. The number of ketones is 1. The molecular formula is C17H14N2O5. The third kappa shape index (κ3) is 2.44. The van der Waals surface area contributed by atoms with Gasteiger partial charge in [0.15, 0.2) is 11.4 Å². The van der Waals surface area contributed by atoms with Crippen LogP contribution in [0.25, 0.3) is 0 Å². The van der Waals surface area contributed by atoms with Crippen molar-refractivity contribution in [3.8, 4) is 0 Å². The van der Waals surface area contributed by atoms with Crippen LogP contribution in [0.3, 0.4) is 0 Å². The molecule has 3 rings (SSSR count). The molecule has 0 unspecified atom stereocenters. The van der Waals surface area contributed by atoms with Crippen LogP contribution in [0, 0.1) is 17.0 Å². The van der Waals surface area contributed by atoms with Crippen molar-refractivity contribution < 1.29 is 19.6 Å². The van der Waals surface area contributed by atoms with E-state index in [-0.39, 0.29) is 11.3 Å². The third-order valence-corrected chi connectivity index (χ3v) is 4.13. The van der Waals surface area contributed by atoms with Crippen LogP contribution in [0.4, 0.5) is 11.4 Å². The van der Waals surface area contributed by atoms with Crippen LogP contribution in [-0.4, -0.2) is 21.7 Å². The van der Waals surface area contributed by atoms with Gasteiger partial charge in [0.2, 0.25) is 0 Å². The van der Waals surface area contributed by atoms with Crippen LogP contribution in [0.1, 0.15) is 27.9 Å². The van der Waals surface area contributed by atoms with E-state index in [0.717, 1.165) is 11.6 Å². The predicted octanol–water partition coefficient (Wildman–Crippen LogP) is 2.32. The van der Waals surface area contributed by atoms with Gasteiger partial charge in [0.05, 0.1) is 17.0 Å². The Morgan fingerprint density at radius 3 is 2.71 bits per heavy atom. The van der Waals surface area contributed by atoms with Gasteiger partial charge in [0.25, 0.3) is 11.6 Å². The van der Waals surface area contributed by atoms with Crippen LogP contribution < -0.4 is 5.32 Å². The molecule has 7 nitrogen and oxygen atoms in total. The van der Waals surface area contributed by atoms with Crippen molar-refractivity contribution in [3.05, 3.63) is 69.3 Å². The van der Waals surface area contributed by atoms with Crippen LogP contribution in [0.2, 0.25) is 0 Å². The highest BCUT2D eigenvalue weighted by Crippen LogP contribution is 2.40. The Morgan fingerprint density at radius 1 is 1.29 bits per heavy atom. The van der Waals surface area contributed by atoms with Gasteiger partial charge in [-0.05, 0) is 12.5 Å². The highest BCUT2D eigenvalue weighted by molar-refractivity contribution is 6.10. The number of hydrogen-bond acceptors (Lipinski definition) is 5. The molecule has 24 heavy (non-hydrogen) atoms. The zero-order valence-electron chi connectivity index (χ0n) is 12.8. The van der Waals surface area contributed by atoms with Gasteiger partial charge in [-0.3, -0.25) is 19.7 Å². The summed E-state index contributed by atoms with van der Waals surface area (Å²) in [5, 5.41) is 24.2. The first-order valence-electron chi connectivity index (χ1n) is 7.24. The van der Waals surface area contributed by atoms with Gasteiger partial charge in [0, 0.05) is 23.3 Å². The molecule has 2 N–H and O–H groups in total. The molecule has 2 aromatic carbocycles. The van der Waals surface area contributed by atoms with Crippen molar-refractivity contribution in [2.45, 2.75) is 18.9 Å². The number of benzene rings is 2. The number of fused-ring (bicyclic) bond motifs is 1. The van der Waals surface area contributed by atoms with Gasteiger partial charge in [-0.15, -0.1) is 0 Å². The second kappa shape index (κ2) is 5.54. The summed E-state index contributed by atoms with van der Waals surface area (Å²) >= 11 is 0. The average molecular weight is 326 g/mol. The minimum atomic E-state index is -1.98. The summed E-state index contributed by atoms with van der Waals surface area (Å²) in [5.41, 5.74) is -0.516. The Morgan fingerprint density at radius 2 is 2.00 bits per heavy atom. The summed E-state index contributed by atoms with van der Waals surface area (Å²) in [5.74, 6) is -1.23. The molecule has 0 saturated carbocycles. The number of nitro benzene ring substituents is 1. The van der Waals surface area contributed by atoms with Crippen LogP contribution >= 0.6 is 0 Å². The number of nitrogens with one attached hydrogen (secondary N) is 1.